The molecule has 2 rings (SSSR count). The molecule has 0 unspecified atom stereocenters. The highest BCUT2D eigenvalue weighted by Gasteiger charge is 2.33. The van der Waals surface area contributed by atoms with Crippen LogP contribution in [0.25, 0.3) is 0 Å². The lowest BCUT2D eigenvalue weighted by molar-refractivity contribution is -0.274. The molecule has 2 amide bonds. The number of nitrogens with one attached hydrogen (secondary N) is 1. The van der Waals surface area contributed by atoms with Crippen molar-refractivity contribution in [2.24, 2.45) is 0 Å². The first kappa shape index (κ1) is 14.0. The normalized spacial score (nSPS) is 14.4. The third-order valence-electron chi connectivity index (χ3n) is 2.27. The number of nitrogens with zero attached hydrogens (tertiary/aromatic N) is 1. The molecule has 6 nitrogen and oxygen atoms in total. The topological polar surface area (TPSA) is 67.9 Å². The second-order valence-corrected chi connectivity index (χ2v) is 3.86. The van der Waals surface area contributed by atoms with Crippen LogP contribution in [0.5, 0.6) is 11.5 Å². The molecule has 0 bridgehead atoms. The SMILES string of the molecule is CC(=O)NN1C(=O)COc2ccc(OC(F)(F)F)cc21. The van der Waals surface area contributed by atoms with Gasteiger partial charge in [0.1, 0.15) is 17.2 Å². The van der Waals surface area contributed by atoms with Crippen LogP contribution in [0.1, 0.15) is 6.92 Å². The number of carbonyl (C=O) groups is 2. The van der Waals surface area contributed by atoms with Crippen molar-refractivity contribution in [1.82, 2.24) is 5.43 Å². The minimum absolute atomic E-state index is 0.0294. The van der Waals surface area contributed by atoms with E-state index in [9.17, 15) is 22.8 Å². The van der Waals surface area contributed by atoms with Gasteiger partial charge in [-0.2, -0.15) is 0 Å². The van der Waals surface area contributed by atoms with E-state index in [1.165, 1.54) is 13.0 Å². The lowest BCUT2D eigenvalue weighted by Gasteiger charge is -2.29. The summed E-state index contributed by atoms with van der Waals surface area (Å²) < 4.78 is 45.3. The smallest absolute Gasteiger partial charge is 0.481 e. The molecule has 108 valence electrons. The van der Waals surface area contributed by atoms with Crippen LogP contribution in [0.15, 0.2) is 18.2 Å². The average molecular weight is 290 g/mol. The van der Waals surface area contributed by atoms with Gasteiger partial charge in [0.25, 0.3) is 5.91 Å². The molecule has 1 aliphatic heterocycles. The van der Waals surface area contributed by atoms with Gasteiger partial charge in [0.05, 0.1) is 0 Å². The zero-order valence-corrected chi connectivity index (χ0v) is 10.2. The van der Waals surface area contributed by atoms with Gasteiger partial charge in [-0.15, -0.1) is 13.2 Å². The number of anilines is 1. The first-order chi connectivity index (χ1) is 9.26. The largest absolute Gasteiger partial charge is 0.573 e. The molecule has 0 aromatic heterocycles. The molecular weight excluding hydrogens is 281 g/mol. The van der Waals surface area contributed by atoms with Gasteiger partial charge in [0, 0.05) is 13.0 Å². The lowest BCUT2D eigenvalue weighted by Crippen LogP contribution is -2.49. The highest BCUT2D eigenvalue weighted by Crippen LogP contribution is 2.36. The summed E-state index contributed by atoms with van der Waals surface area (Å²) in [6, 6.07) is 3.22. The molecule has 1 aromatic carbocycles. The van der Waals surface area contributed by atoms with E-state index in [-0.39, 0.29) is 18.0 Å². The van der Waals surface area contributed by atoms with Gasteiger partial charge in [-0.05, 0) is 12.1 Å². The number of hydrogen-bond donors (Lipinski definition) is 1. The van der Waals surface area contributed by atoms with Crippen LogP contribution in [0.3, 0.4) is 0 Å². The van der Waals surface area contributed by atoms with Crippen molar-refractivity contribution in [3.8, 4) is 11.5 Å². The van der Waals surface area contributed by atoms with E-state index < -0.39 is 23.9 Å². The molecule has 1 aromatic rings. The maximum Gasteiger partial charge on any atom is 0.573 e. The van der Waals surface area contributed by atoms with E-state index in [1.54, 1.807) is 0 Å². The summed E-state index contributed by atoms with van der Waals surface area (Å²) in [4.78, 5) is 22.6. The van der Waals surface area contributed by atoms with Gasteiger partial charge in [-0.25, -0.2) is 5.01 Å². The van der Waals surface area contributed by atoms with Gasteiger partial charge in [0.2, 0.25) is 5.91 Å². The summed E-state index contributed by atoms with van der Waals surface area (Å²) >= 11 is 0. The number of hydrogen-bond acceptors (Lipinski definition) is 4. The summed E-state index contributed by atoms with van der Waals surface area (Å²) in [5.74, 6) is -1.53. The minimum atomic E-state index is -4.85. The van der Waals surface area contributed by atoms with E-state index in [0.29, 0.717) is 0 Å². The first-order valence-corrected chi connectivity index (χ1v) is 5.39. The predicted molar refractivity (Wildman–Crippen MR) is 59.9 cm³/mol. The molecule has 0 aliphatic carbocycles. The van der Waals surface area contributed by atoms with Gasteiger partial charge < -0.3 is 9.47 Å². The van der Waals surface area contributed by atoms with Crippen LogP contribution in [-0.2, 0) is 9.59 Å². The molecule has 1 N–H and O–H groups in total. The van der Waals surface area contributed by atoms with E-state index in [1.807, 2.05) is 0 Å². The third kappa shape index (κ3) is 3.11. The van der Waals surface area contributed by atoms with Crippen molar-refractivity contribution in [2.75, 3.05) is 11.6 Å². The van der Waals surface area contributed by atoms with Gasteiger partial charge in [-0.3, -0.25) is 15.0 Å². The molecule has 20 heavy (non-hydrogen) atoms. The van der Waals surface area contributed by atoms with Gasteiger partial charge >= 0.3 is 6.36 Å². The highest BCUT2D eigenvalue weighted by atomic mass is 19.4. The van der Waals surface area contributed by atoms with Crippen molar-refractivity contribution in [1.29, 1.82) is 0 Å². The maximum absolute atomic E-state index is 12.2. The number of rotatable bonds is 2. The molecule has 0 saturated carbocycles. The molecular formula is C11H9F3N2O4. The van der Waals surface area contributed by atoms with Crippen LogP contribution >= 0.6 is 0 Å². The number of amides is 2. The molecule has 1 heterocycles. The molecule has 0 spiro atoms. The number of carbonyl (C=O) groups excluding carboxylic acids is 2. The number of ether oxygens (including phenoxy) is 2. The zero-order chi connectivity index (χ0) is 14.9. The Morgan fingerprint density at radius 3 is 2.75 bits per heavy atom. The van der Waals surface area contributed by atoms with Crippen molar-refractivity contribution in [2.45, 2.75) is 13.3 Å². The van der Waals surface area contributed by atoms with E-state index in [2.05, 4.69) is 10.2 Å². The lowest BCUT2D eigenvalue weighted by atomic mass is 10.2. The summed E-state index contributed by atoms with van der Waals surface area (Å²) in [7, 11) is 0. The Balaban J connectivity index is 2.36. The monoisotopic (exact) mass is 290 g/mol. The van der Waals surface area contributed by atoms with Crippen LogP contribution in [-0.4, -0.2) is 24.8 Å². The Hall–Kier alpha value is -2.45. The highest BCUT2D eigenvalue weighted by molar-refractivity contribution is 6.00. The van der Waals surface area contributed by atoms with E-state index in [4.69, 9.17) is 4.74 Å². The summed E-state index contributed by atoms with van der Waals surface area (Å²) in [6.45, 7) is 0.839. The zero-order valence-electron chi connectivity index (χ0n) is 10.2. The number of halogens is 3. The summed E-state index contributed by atoms with van der Waals surface area (Å²) in [6.07, 6.45) is -4.85. The Morgan fingerprint density at radius 1 is 1.45 bits per heavy atom. The van der Waals surface area contributed by atoms with E-state index >= 15 is 0 Å². The maximum atomic E-state index is 12.2. The number of hydrazine groups is 1. The molecule has 0 fully saturated rings. The van der Waals surface area contributed by atoms with Crippen molar-refractivity contribution in [3.05, 3.63) is 18.2 Å². The van der Waals surface area contributed by atoms with Crippen LogP contribution in [0.4, 0.5) is 18.9 Å². The van der Waals surface area contributed by atoms with Gasteiger partial charge in [0.15, 0.2) is 6.61 Å². The number of benzene rings is 1. The average Bonchev–Trinajstić information content (AvgIpc) is 2.30. The molecule has 1 aliphatic rings. The van der Waals surface area contributed by atoms with Crippen molar-refractivity contribution < 1.29 is 32.2 Å². The first-order valence-electron chi connectivity index (χ1n) is 5.39. The fourth-order valence-electron chi connectivity index (χ4n) is 1.61. The summed E-state index contributed by atoms with van der Waals surface area (Å²) in [5.41, 5.74) is 2.18. The standard InChI is InChI=1S/C11H9F3N2O4/c1-6(17)15-16-8-4-7(20-11(12,13)14)2-3-9(8)19-5-10(16)18/h2-4H,5H2,1H3,(H,15,17). The Morgan fingerprint density at radius 2 is 2.15 bits per heavy atom. The van der Waals surface area contributed by atoms with Crippen LogP contribution < -0.4 is 19.9 Å². The molecule has 9 heteroatoms. The second kappa shape index (κ2) is 4.91. The van der Waals surface area contributed by atoms with Crippen molar-refractivity contribution in [3.63, 3.8) is 0 Å². The third-order valence-corrected chi connectivity index (χ3v) is 2.27. The van der Waals surface area contributed by atoms with E-state index in [0.717, 1.165) is 17.1 Å². The number of fused-ring (bicyclic) bond motifs is 1. The fraction of sp³-hybridized carbons (Fsp3) is 0.273. The minimum Gasteiger partial charge on any atom is -0.481 e. The number of alkyl halides is 3. The Kier molecular flexibility index (Phi) is 3.43. The molecule has 0 radical (unpaired) electrons. The summed E-state index contributed by atoms with van der Waals surface area (Å²) in [5, 5.41) is 0.824. The Bertz CT molecular complexity index is 559. The molecule has 0 atom stereocenters. The Labute approximate surface area is 111 Å². The van der Waals surface area contributed by atoms with Crippen LogP contribution in [0, 0.1) is 0 Å². The predicted octanol–water partition coefficient (Wildman–Crippen LogP) is 1.36. The fourth-order valence-corrected chi connectivity index (χ4v) is 1.61. The van der Waals surface area contributed by atoms with Crippen molar-refractivity contribution >= 4 is 17.5 Å². The molecule has 0 saturated heterocycles. The second-order valence-electron chi connectivity index (χ2n) is 3.86. The van der Waals surface area contributed by atoms with Crippen LogP contribution in [0.2, 0.25) is 0 Å². The quantitative estimate of drug-likeness (QED) is 0.893. The van der Waals surface area contributed by atoms with Gasteiger partial charge in [-0.1, -0.05) is 0 Å².